The van der Waals surface area contributed by atoms with E-state index in [1.807, 2.05) is 0 Å². The van der Waals surface area contributed by atoms with E-state index in [1.54, 1.807) is 0 Å². The van der Waals surface area contributed by atoms with Crippen LogP contribution in [0.4, 0.5) is 0 Å². The second-order valence-corrected chi connectivity index (χ2v) is 8.53. The van der Waals surface area contributed by atoms with Crippen LogP contribution in [0, 0.1) is 5.41 Å². The Morgan fingerprint density at radius 1 is 1.00 bits per heavy atom. The number of piperidine rings is 1. The van der Waals surface area contributed by atoms with Crippen LogP contribution in [0.5, 0.6) is 0 Å². The Morgan fingerprint density at radius 2 is 1.84 bits per heavy atom. The van der Waals surface area contributed by atoms with Gasteiger partial charge in [0, 0.05) is 32.3 Å². The largest absolute Gasteiger partial charge is 0.381 e. The summed E-state index contributed by atoms with van der Waals surface area (Å²) in [5.41, 5.74) is 2.07. The predicted molar refractivity (Wildman–Crippen MR) is 103 cm³/mol. The average Bonchev–Trinajstić information content (AvgIpc) is 3.07. The lowest BCUT2D eigenvalue weighted by atomic mass is 9.79. The first-order valence-electron chi connectivity index (χ1n) is 10.4. The summed E-state index contributed by atoms with van der Waals surface area (Å²) in [5.74, 6) is 0. The molecule has 0 aromatic heterocycles. The number of aryl methyl sites for hydroxylation is 1. The highest BCUT2D eigenvalue weighted by atomic mass is 16.5. The number of nitrogens with zero attached hydrogens (tertiary/aromatic N) is 2. The molecule has 0 saturated carbocycles. The highest BCUT2D eigenvalue weighted by Gasteiger charge is 2.42. The molecular formula is C22H34N2O. The molecule has 25 heavy (non-hydrogen) atoms. The molecule has 4 rings (SSSR count). The van der Waals surface area contributed by atoms with Crippen LogP contribution in [0.1, 0.15) is 44.1 Å². The van der Waals surface area contributed by atoms with Crippen molar-refractivity contribution in [2.24, 2.45) is 5.41 Å². The van der Waals surface area contributed by atoms with Crippen molar-refractivity contribution in [3.8, 4) is 0 Å². The second-order valence-electron chi connectivity index (χ2n) is 8.53. The van der Waals surface area contributed by atoms with E-state index < -0.39 is 0 Å². The minimum Gasteiger partial charge on any atom is -0.381 e. The summed E-state index contributed by atoms with van der Waals surface area (Å²) in [6, 6.07) is 11.8. The summed E-state index contributed by atoms with van der Waals surface area (Å²) < 4.78 is 5.56. The van der Waals surface area contributed by atoms with E-state index in [0.29, 0.717) is 5.41 Å². The van der Waals surface area contributed by atoms with Crippen molar-refractivity contribution in [2.45, 2.75) is 51.0 Å². The van der Waals surface area contributed by atoms with E-state index in [0.717, 1.165) is 19.3 Å². The van der Waals surface area contributed by atoms with Gasteiger partial charge in [0.2, 0.25) is 0 Å². The Morgan fingerprint density at radius 3 is 2.68 bits per heavy atom. The monoisotopic (exact) mass is 342 g/mol. The minimum atomic E-state index is 0.587. The summed E-state index contributed by atoms with van der Waals surface area (Å²) in [4.78, 5) is 5.57. The van der Waals surface area contributed by atoms with Crippen LogP contribution in [0.15, 0.2) is 30.3 Å². The standard InChI is InChI=1S/C22H34N2O/c1-2-6-20(7-3-1)8-4-13-23-14-5-11-22(18-23)12-15-24(19-22)21-9-16-25-17-10-21/h1-3,6-7,21H,4-5,8-19H2. The predicted octanol–water partition coefficient (Wildman–Crippen LogP) is 3.59. The molecule has 0 amide bonds. The molecule has 0 radical (unpaired) electrons. The quantitative estimate of drug-likeness (QED) is 0.813. The highest BCUT2D eigenvalue weighted by molar-refractivity contribution is 5.14. The fourth-order valence-corrected chi connectivity index (χ4v) is 5.32. The molecule has 1 spiro atoms. The lowest BCUT2D eigenvalue weighted by Gasteiger charge is -2.41. The molecule has 0 N–H and O–H groups in total. The number of benzene rings is 1. The number of ether oxygens (including phenoxy) is 1. The minimum absolute atomic E-state index is 0.587. The molecule has 138 valence electrons. The zero-order valence-electron chi connectivity index (χ0n) is 15.7. The van der Waals surface area contributed by atoms with Gasteiger partial charge in [0.15, 0.2) is 0 Å². The van der Waals surface area contributed by atoms with Gasteiger partial charge in [0.05, 0.1) is 0 Å². The van der Waals surface area contributed by atoms with E-state index in [2.05, 4.69) is 40.1 Å². The zero-order valence-corrected chi connectivity index (χ0v) is 15.7. The third-order valence-electron chi connectivity index (χ3n) is 6.70. The summed E-state index contributed by atoms with van der Waals surface area (Å²) in [7, 11) is 0. The first kappa shape index (κ1) is 17.5. The SMILES string of the molecule is c1ccc(CCCN2CCCC3(CCN(C4CCOCC4)C3)C2)cc1. The molecule has 1 aromatic rings. The van der Waals surface area contributed by atoms with E-state index in [4.69, 9.17) is 4.74 Å². The van der Waals surface area contributed by atoms with Gasteiger partial charge in [-0.3, -0.25) is 4.90 Å². The van der Waals surface area contributed by atoms with Crippen molar-refractivity contribution in [1.29, 1.82) is 0 Å². The zero-order chi connectivity index (χ0) is 17.0. The van der Waals surface area contributed by atoms with Gasteiger partial charge in [-0.25, -0.2) is 0 Å². The summed E-state index contributed by atoms with van der Waals surface area (Å²) in [6.07, 6.45) is 9.27. The average molecular weight is 343 g/mol. The molecule has 1 aromatic carbocycles. The molecule has 3 heteroatoms. The number of hydrogen-bond donors (Lipinski definition) is 0. The molecule has 0 bridgehead atoms. The van der Waals surface area contributed by atoms with Gasteiger partial charge >= 0.3 is 0 Å². The second kappa shape index (κ2) is 8.20. The van der Waals surface area contributed by atoms with Crippen molar-refractivity contribution >= 4 is 0 Å². The van der Waals surface area contributed by atoms with Crippen molar-refractivity contribution in [2.75, 3.05) is 45.9 Å². The molecule has 3 aliphatic heterocycles. The summed E-state index contributed by atoms with van der Waals surface area (Å²) in [6.45, 7) is 8.53. The van der Waals surface area contributed by atoms with Gasteiger partial charge in [-0.1, -0.05) is 30.3 Å². The van der Waals surface area contributed by atoms with E-state index in [-0.39, 0.29) is 0 Å². The van der Waals surface area contributed by atoms with Crippen LogP contribution in [-0.2, 0) is 11.2 Å². The lowest BCUT2D eigenvalue weighted by Crippen LogP contribution is -2.46. The van der Waals surface area contributed by atoms with Gasteiger partial charge in [-0.05, 0) is 75.6 Å². The van der Waals surface area contributed by atoms with Crippen LogP contribution in [0.25, 0.3) is 0 Å². The van der Waals surface area contributed by atoms with Gasteiger partial charge in [0.25, 0.3) is 0 Å². The molecule has 0 aliphatic carbocycles. The fraction of sp³-hybridized carbons (Fsp3) is 0.727. The lowest BCUT2D eigenvalue weighted by molar-refractivity contribution is 0.0309. The Kier molecular flexibility index (Phi) is 5.74. The Hall–Kier alpha value is -0.900. The molecule has 3 nitrogen and oxygen atoms in total. The van der Waals surface area contributed by atoms with Gasteiger partial charge in [-0.2, -0.15) is 0 Å². The maximum absolute atomic E-state index is 5.56. The van der Waals surface area contributed by atoms with Gasteiger partial charge < -0.3 is 9.64 Å². The molecule has 1 unspecified atom stereocenters. The fourth-order valence-electron chi connectivity index (χ4n) is 5.32. The van der Waals surface area contributed by atoms with Crippen molar-refractivity contribution in [1.82, 2.24) is 9.80 Å². The molecule has 3 saturated heterocycles. The molecule has 3 fully saturated rings. The molecular weight excluding hydrogens is 308 g/mol. The Balaban J connectivity index is 1.26. The smallest absolute Gasteiger partial charge is 0.0480 e. The van der Waals surface area contributed by atoms with Crippen LogP contribution >= 0.6 is 0 Å². The third kappa shape index (κ3) is 4.45. The van der Waals surface area contributed by atoms with Crippen LogP contribution < -0.4 is 0 Å². The normalized spacial score (nSPS) is 29.4. The molecule has 3 heterocycles. The van der Waals surface area contributed by atoms with Crippen LogP contribution in [0.3, 0.4) is 0 Å². The van der Waals surface area contributed by atoms with E-state index in [1.165, 1.54) is 83.2 Å². The van der Waals surface area contributed by atoms with E-state index >= 15 is 0 Å². The maximum Gasteiger partial charge on any atom is 0.0480 e. The van der Waals surface area contributed by atoms with Crippen molar-refractivity contribution in [3.05, 3.63) is 35.9 Å². The third-order valence-corrected chi connectivity index (χ3v) is 6.70. The van der Waals surface area contributed by atoms with Gasteiger partial charge in [-0.15, -0.1) is 0 Å². The Bertz CT molecular complexity index is 528. The van der Waals surface area contributed by atoms with Crippen LogP contribution in [0.2, 0.25) is 0 Å². The van der Waals surface area contributed by atoms with Crippen LogP contribution in [-0.4, -0.2) is 61.8 Å². The highest BCUT2D eigenvalue weighted by Crippen LogP contribution is 2.40. The summed E-state index contributed by atoms with van der Waals surface area (Å²) >= 11 is 0. The number of likely N-dealkylation sites (tertiary alicyclic amines) is 2. The Labute approximate surface area is 153 Å². The first-order valence-corrected chi connectivity index (χ1v) is 10.4. The van der Waals surface area contributed by atoms with Crippen molar-refractivity contribution < 1.29 is 4.74 Å². The van der Waals surface area contributed by atoms with Gasteiger partial charge in [0.1, 0.15) is 0 Å². The topological polar surface area (TPSA) is 15.7 Å². The maximum atomic E-state index is 5.56. The van der Waals surface area contributed by atoms with E-state index in [9.17, 15) is 0 Å². The number of rotatable bonds is 5. The molecule has 3 aliphatic rings. The number of hydrogen-bond acceptors (Lipinski definition) is 3. The summed E-state index contributed by atoms with van der Waals surface area (Å²) in [5, 5.41) is 0. The first-order chi connectivity index (χ1) is 12.3. The van der Waals surface area contributed by atoms with Crippen molar-refractivity contribution in [3.63, 3.8) is 0 Å². The molecule has 1 atom stereocenters.